The number of hydrogen-bond donors (Lipinski definition) is 1. The highest BCUT2D eigenvalue weighted by atomic mass is 16.5. The predicted octanol–water partition coefficient (Wildman–Crippen LogP) is 3.91. The van der Waals surface area contributed by atoms with Gasteiger partial charge in [0, 0.05) is 18.0 Å². The quantitative estimate of drug-likeness (QED) is 0.856. The van der Waals surface area contributed by atoms with E-state index in [4.69, 9.17) is 4.74 Å². The fourth-order valence-corrected chi connectivity index (χ4v) is 1.85. The molecule has 0 saturated carbocycles. The summed E-state index contributed by atoms with van der Waals surface area (Å²) in [6, 6.07) is 4.23. The summed E-state index contributed by atoms with van der Waals surface area (Å²) in [5.41, 5.74) is 2.35. The summed E-state index contributed by atoms with van der Waals surface area (Å²) in [4.78, 5) is 4.64. The molecule has 0 spiro atoms. The SMILES string of the molecule is CC(C)CNCc1cc(OC(C)C)nc(C(C)(C)C)c1. The normalized spacial score (nSPS) is 12.2. The highest BCUT2D eigenvalue weighted by Crippen LogP contribution is 2.24. The van der Waals surface area contributed by atoms with Crippen molar-refractivity contribution in [3.05, 3.63) is 23.4 Å². The first kappa shape index (κ1) is 17.0. The van der Waals surface area contributed by atoms with Crippen molar-refractivity contribution in [1.29, 1.82) is 0 Å². The summed E-state index contributed by atoms with van der Waals surface area (Å²) < 4.78 is 5.78. The van der Waals surface area contributed by atoms with Crippen LogP contribution in [0.25, 0.3) is 0 Å². The minimum Gasteiger partial charge on any atom is -0.475 e. The third kappa shape index (κ3) is 5.91. The molecular weight excluding hydrogens is 248 g/mol. The molecule has 1 N–H and O–H groups in total. The summed E-state index contributed by atoms with van der Waals surface area (Å²) in [6.45, 7) is 16.9. The van der Waals surface area contributed by atoms with E-state index in [1.165, 1.54) is 5.56 Å². The average molecular weight is 278 g/mol. The molecule has 0 aromatic carbocycles. The smallest absolute Gasteiger partial charge is 0.214 e. The summed E-state index contributed by atoms with van der Waals surface area (Å²) >= 11 is 0. The molecule has 3 nitrogen and oxygen atoms in total. The molecule has 1 aromatic rings. The van der Waals surface area contributed by atoms with Crippen molar-refractivity contribution in [3.63, 3.8) is 0 Å². The monoisotopic (exact) mass is 278 g/mol. The first-order chi connectivity index (χ1) is 9.18. The molecule has 0 bridgehead atoms. The lowest BCUT2D eigenvalue weighted by molar-refractivity contribution is 0.230. The first-order valence-corrected chi connectivity index (χ1v) is 7.57. The third-order valence-electron chi connectivity index (χ3n) is 2.87. The van der Waals surface area contributed by atoms with Crippen LogP contribution in [0.15, 0.2) is 12.1 Å². The van der Waals surface area contributed by atoms with Gasteiger partial charge in [0.1, 0.15) is 0 Å². The van der Waals surface area contributed by atoms with Gasteiger partial charge in [-0.2, -0.15) is 0 Å². The Morgan fingerprint density at radius 1 is 1.15 bits per heavy atom. The van der Waals surface area contributed by atoms with Crippen molar-refractivity contribution in [1.82, 2.24) is 10.3 Å². The molecule has 0 atom stereocenters. The van der Waals surface area contributed by atoms with E-state index in [0.717, 1.165) is 24.7 Å². The van der Waals surface area contributed by atoms with Crippen LogP contribution < -0.4 is 10.1 Å². The van der Waals surface area contributed by atoms with Crippen LogP contribution in [0.2, 0.25) is 0 Å². The molecule has 0 fully saturated rings. The van der Waals surface area contributed by atoms with Gasteiger partial charge < -0.3 is 10.1 Å². The second-order valence-corrected chi connectivity index (χ2v) is 7.14. The molecule has 0 aliphatic heterocycles. The van der Waals surface area contributed by atoms with E-state index >= 15 is 0 Å². The largest absolute Gasteiger partial charge is 0.475 e. The number of aromatic nitrogens is 1. The molecule has 0 radical (unpaired) electrons. The molecule has 1 aromatic heterocycles. The van der Waals surface area contributed by atoms with Crippen LogP contribution >= 0.6 is 0 Å². The van der Waals surface area contributed by atoms with Crippen LogP contribution in [-0.4, -0.2) is 17.6 Å². The van der Waals surface area contributed by atoms with Crippen molar-refractivity contribution >= 4 is 0 Å². The maximum Gasteiger partial charge on any atom is 0.214 e. The van der Waals surface area contributed by atoms with Crippen molar-refractivity contribution in [2.75, 3.05) is 6.54 Å². The van der Waals surface area contributed by atoms with E-state index in [9.17, 15) is 0 Å². The number of rotatable bonds is 6. The van der Waals surface area contributed by atoms with Gasteiger partial charge in [0.2, 0.25) is 5.88 Å². The van der Waals surface area contributed by atoms with Gasteiger partial charge in [0.05, 0.1) is 11.8 Å². The predicted molar refractivity (Wildman–Crippen MR) is 85.2 cm³/mol. The van der Waals surface area contributed by atoms with Gasteiger partial charge in [-0.05, 0) is 37.9 Å². The Bertz CT molecular complexity index is 419. The van der Waals surface area contributed by atoms with Gasteiger partial charge in [-0.1, -0.05) is 34.6 Å². The molecule has 0 aliphatic carbocycles. The second kappa shape index (κ2) is 7.07. The topological polar surface area (TPSA) is 34.1 Å². The Balaban J connectivity index is 2.92. The molecule has 0 saturated heterocycles. The minimum absolute atomic E-state index is 0.0309. The highest BCUT2D eigenvalue weighted by Gasteiger charge is 2.18. The number of hydrogen-bond acceptors (Lipinski definition) is 3. The van der Waals surface area contributed by atoms with Crippen LogP contribution in [-0.2, 0) is 12.0 Å². The summed E-state index contributed by atoms with van der Waals surface area (Å²) in [6.07, 6.45) is 0.147. The zero-order chi connectivity index (χ0) is 15.3. The zero-order valence-electron chi connectivity index (χ0n) is 14.1. The van der Waals surface area contributed by atoms with E-state index in [0.29, 0.717) is 5.92 Å². The molecule has 0 unspecified atom stereocenters. The number of nitrogens with one attached hydrogen (secondary N) is 1. The molecule has 3 heteroatoms. The first-order valence-electron chi connectivity index (χ1n) is 7.57. The average Bonchev–Trinajstić information content (AvgIpc) is 2.25. The van der Waals surface area contributed by atoms with Crippen LogP contribution in [0.5, 0.6) is 5.88 Å². The van der Waals surface area contributed by atoms with E-state index in [1.54, 1.807) is 0 Å². The third-order valence-corrected chi connectivity index (χ3v) is 2.87. The molecule has 0 amide bonds. The summed E-state index contributed by atoms with van der Waals surface area (Å²) in [5, 5.41) is 3.48. The van der Waals surface area contributed by atoms with Gasteiger partial charge in [0.15, 0.2) is 0 Å². The van der Waals surface area contributed by atoms with Gasteiger partial charge in [-0.25, -0.2) is 4.98 Å². The van der Waals surface area contributed by atoms with E-state index < -0.39 is 0 Å². The molecule has 1 heterocycles. The maximum atomic E-state index is 5.78. The van der Waals surface area contributed by atoms with Crippen LogP contribution in [0.3, 0.4) is 0 Å². The summed E-state index contributed by atoms with van der Waals surface area (Å²) in [5.74, 6) is 1.39. The Hall–Kier alpha value is -1.09. The highest BCUT2D eigenvalue weighted by molar-refractivity contribution is 5.28. The van der Waals surface area contributed by atoms with Crippen LogP contribution in [0, 0.1) is 5.92 Å². The Kier molecular flexibility index (Phi) is 6.00. The molecular formula is C17H30N2O. The lowest BCUT2D eigenvalue weighted by Crippen LogP contribution is -2.21. The van der Waals surface area contributed by atoms with Crippen molar-refractivity contribution < 1.29 is 4.74 Å². The van der Waals surface area contributed by atoms with E-state index in [1.807, 2.05) is 19.9 Å². The van der Waals surface area contributed by atoms with Crippen molar-refractivity contribution in [3.8, 4) is 5.88 Å². The lowest BCUT2D eigenvalue weighted by atomic mass is 9.91. The molecule has 1 rings (SSSR count). The van der Waals surface area contributed by atoms with Crippen LogP contribution in [0.1, 0.15) is 59.7 Å². The van der Waals surface area contributed by atoms with Gasteiger partial charge in [-0.15, -0.1) is 0 Å². The standard InChI is InChI=1S/C17H30N2O/c1-12(2)10-18-11-14-8-15(17(5,6)7)19-16(9-14)20-13(3)4/h8-9,12-13,18H,10-11H2,1-7H3. The number of pyridine rings is 1. The van der Waals surface area contributed by atoms with Gasteiger partial charge in [-0.3, -0.25) is 0 Å². The maximum absolute atomic E-state index is 5.78. The van der Waals surface area contributed by atoms with E-state index in [-0.39, 0.29) is 11.5 Å². The van der Waals surface area contributed by atoms with Gasteiger partial charge in [0.25, 0.3) is 0 Å². The Labute approximate surface area is 124 Å². The van der Waals surface area contributed by atoms with Crippen molar-refractivity contribution in [2.45, 2.75) is 66.5 Å². The summed E-state index contributed by atoms with van der Waals surface area (Å²) in [7, 11) is 0. The second-order valence-electron chi connectivity index (χ2n) is 7.14. The number of ether oxygens (including phenoxy) is 1. The molecule has 0 aliphatic rings. The lowest BCUT2D eigenvalue weighted by Gasteiger charge is -2.21. The number of nitrogens with zero attached hydrogens (tertiary/aromatic N) is 1. The van der Waals surface area contributed by atoms with Crippen molar-refractivity contribution in [2.24, 2.45) is 5.92 Å². The fraction of sp³-hybridized carbons (Fsp3) is 0.706. The van der Waals surface area contributed by atoms with Gasteiger partial charge >= 0.3 is 0 Å². The minimum atomic E-state index is 0.0309. The molecule has 114 valence electrons. The Morgan fingerprint density at radius 3 is 2.30 bits per heavy atom. The Morgan fingerprint density at radius 2 is 1.80 bits per heavy atom. The zero-order valence-corrected chi connectivity index (χ0v) is 14.1. The van der Waals surface area contributed by atoms with E-state index in [2.05, 4.69) is 51.0 Å². The fourth-order valence-electron chi connectivity index (χ4n) is 1.85. The van der Waals surface area contributed by atoms with Crippen LogP contribution in [0.4, 0.5) is 0 Å². The molecule has 20 heavy (non-hydrogen) atoms.